The fourth-order valence-electron chi connectivity index (χ4n) is 0.444. The van der Waals surface area contributed by atoms with Crippen LogP contribution in [0.5, 0.6) is 0 Å². The molecule has 0 rings (SSSR count). The van der Waals surface area contributed by atoms with Gasteiger partial charge in [0.2, 0.25) is 0 Å². The second-order valence-corrected chi connectivity index (χ2v) is 4.01. The second kappa shape index (κ2) is 4.92. The van der Waals surface area contributed by atoms with Crippen molar-refractivity contribution in [1.82, 2.24) is 0 Å². The van der Waals surface area contributed by atoms with E-state index in [-0.39, 0.29) is 6.61 Å². The molecule has 0 radical (unpaired) electrons. The molecule has 0 bridgehead atoms. The van der Waals surface area contributed by atoms with E-state index in [1.54, 1.807) is 13.8 Å². The Balaban J connectivity index is 3.64. The van der Waals surface area contributed by atoms with Crippen molar-refractivity contribution in [3.05, 3.63) is 0 Å². The fraction of sp³-hybridized carbons (Fsp3) is 0.857. The SMILES string of the molecule is CC(C)(COCCI)C(=O)O. The molecule has 1 N–H and O–H groups in total. The van der Waals surface area contributed by atoms with E-state index < -0.39 is 11.4 Å². The van der Waals surface area contributed by atoms with Gasteiger partial charge < -0.3 is 9.84 Å². The maximum Gasteiger partial charge on any atom is 0.311 e. The molecule has 11 heavy (non-hydrogen) atoms. The van der Waals surface area contributed by atoms with Crippen LogP contribution in [0, 0.1) is 5.41 Å². The molecule has 0 saturated carbocycles. The van der Waals surface area contributed by atoms with Gasteiger partial charge in [0.25, 0.3) is 0 Å². The minimum atomic E-state index is -0.814. The Labute approximate surface area is 80.3 Å². The molecular formula is C7H13IO3. The summed E-state index contributed by atoms with van der Waals surface area (Å²) in [4.78, 5) is 10.5. The Morgan fingerprint density at radius 1 is 1.64 bits per heavy atom. The summed E-state index contributed by atoms with van der Waals surface area (Å²) in [6.07, 6.45) is 0. The highest BCUT2D eigenvalue weighted by Gasteiger charge is 2.26. The Kier molecular flexibility index (Phi) is 4.99. The molecule has 0 amide bonds. The van der Waals surface area contributed by atoms with Gasteiger partial charge >= 0.3 is 5.97 Å². The second-order valence-electron chi connectivity index (χ2n) is 2.93. The summed E-state index contributed by atoms with van der Waals surface area (Å²) in [7, 11) is 0. The zero-order valence-corrected chi connectivity index (χ0v) is 8.92. The first kappa shape index (κ1) is 11.2. The van der Waals surface area contributed by atoms with Gasteiger partial charge in [-0.05, 0) is 13.8 Å². The number of carbonyl (C=O) groups is 1. The Morgan fingerprint density at radius 2 is 2.18 bits per heavy atom. The minimum absolute atomic E-state index is 0.283. The predicted octanol–water partition coefficient (Wildman–Crippen LogP) is 1.55. The highest BCUT2D eigenvalue weighted by molar-refractivity contribution is 14.1. The van der Waals surface area contributed by atoms with Crippen molar-refractivity contribution in [2.45, 2.75) is 13.8 Å². The first-order valence-corrected chi connectivity index (χ1v) is 4.90. The maximum atomic E-state index is 10.5. The summed E-state index contributed by atoms with van der Waals surface area (Å²) in [5, 5.41) is 8.66. The summed E-state index contributed by atoms with van der Waals surface area (Å²) in [6, 6.07) is 0. The van der Waals surface area contributed by atoms with E-state index in [2.05, 4.69) is 22.6 Å². The third-order valence-electron chi connectivity index (χ3n) is 1.26. The fourth-order valence-corrected chi connectivity index (χ4v) is 0.755. The first-order valence-electron chi connectivity index (χ1n) is 3.38. The van der Waals surface area contributed by atoms with E-state index in [9.17, 15) is 4.79 Å². The van der Waals surface area contributed by atoms with Gasteiger partial charge in [-0.1, -0.05) is 22.6 Å². The van der Waals surface area contributed by atoms with Crippen LogP contribution in [0.1, 0.15) is 13.8 Å². The van der Waals surface area contributed by atoms with E-state index in [0.717, 1.165) is 4.43 Å². The topological polar surface area (TPSA) is 46.5 Å². The van der Waals surface area contributed by atoms with Crippen molar-refractivity contribution >= 4 is 28.6 Å². The van der Waals surface area contributed by atoms with E-state index >= 15 is 0 Å². The van der Waals surface area contributed by atoms with Crippen molar-refractivity contribution < 1.29 is 14.6 Å². The molecule has 0 aromatic heterocycles. The van der Waals surface area contributed by atoms with Crippen LogP contribution >= 0.6 is 22.6 Å². The summed E-state index contributed by atoms with van der Waals surface area (Å²) in [6.45, 7) is 4.22. The lowest BCUT2D eigenvalue weighted by atomic mass is 9.95. The van der Waals surface area contributed by atoms with Crippen molar-refractivity contribution in [3.63, 3.8) is 0 Å². The predicted molar refractivity (Wildman–Crippen MR) is 51.1 cm³/mol. The molecule has 0 aliphatic rings. The number of carboxylic acid groups (broad SMARTS) is 1. The van der Waals surface area contributed by atoms with Crippen molar-refractivity contribution in [3.8, 4) is 0 Å². The zero-order chi connectivity index (χ0) is 8.91. The van der Waals surface area contributed by atoms with Gasteiger partial charge in [-0.15, -0.1) is 0 Å². The Morgan fingerprint density at radius 3 is 2.55 bits per heavy atom. The smallest absolute Gasteiger partial charge is 0.311 e. The van der Waals surface area contributed by atoms with Crippen LogP contribution in [0.2, 0.25) is 0 Å². The number of carboxylic acids is 1. The monoisotopic (exact) mass is 272 g/mol. The number of ether oxygens (including phenoxy) is 1. The molecule has 0 heterocycles. The summed E-state index contributed by atoms with van der Waals surface area (Å²) in [5.41, 5.74) is -0.758. The van der Waals surface area contributed by atoms with Gasteiger partial charge in [0.15, 0.2) is 0 Å². The number of aliphatic carboxylic acids is 1. The van der Waals surface area contributed by atoms with Crippen molar-refractivity contribution in [2.75, 3.05) is 17.6 Å². The molecule has 66 valence electrons. The molecule has 0 spiro atoms. The lowest BCUT2D eigenvalue weighted by molar-refractivity contribution is -0.150. The molecule has 0 fully saturated rings. The largest absolute Gasteiger partial charge is 0.481 e. The minimum Gasteiger partial charge on any atom is -0.481 e. The van der Waals surface area contributed by atoms with Crippen LogP contribution in [0.3, 0.4) is 0 Å². The van der Waals surface area contributed by atoms with Crippen LogP contribution in [-0.4, -0.2) is 28.7 Å². The number of alkyl halides is 1. The molecule has 0 atom stereocenters. The highest BCUT2D eigenvalue weighted by atomic mass is 127. The molecule has 0 aromatic rings. The summed E-state index contributed by atoms with van der Waals surface area (Å²) < 4.78 is 6.02. The normalized spacial score (nSPS) is 11.5. The van der Waals surface area contributed by atoms with E-state index in [1.807, 2.05) is 0 Å². The molecule has 0 aromatic carbocycles. The molecule has 0 aliphatic carbocycles. The van der Waals surface area contributed by atoms with Gasteiger partial charge in [-0.25, -0.2) is 0 Å². The summed E-state index contributed by atoms with van der Waals surface area (Å²) >= 11 is 2.18. The molecule has 3 nitrogen and oxygen atoms in total. The number of halogens is 1. The lowest BCUT2D eigenvalue weighted by Crippen LogP contribution is -2.29. The van der Waals surface area contributed by atoms with Gasteiger partial charge in [0.05, 0.1) is 18.6 Å². The third kappa shape index (κ3) is 4.58. The summed E-state index contributed by atoms with van der Waals surface area (Å²) in [5.74, 6) is -0.814. The maximum absolute atomic E-state index is 10.5. The third-order valence-corrected chi connectivity index (χ3v) is 1.70. The highest BCUT2D eigenvalue weighted by Crippen LogP contribution is 2.14. The van der Waals surface area contributed by atoms with E-state index in [4.69, 9.17) is 9.84 Å². The van der Waals surface area contributed by atoms with Crippen LogP contribution in [0.4, 0.5) is 0 Å². The van der Waals surface area contributed by atoms with Gasteiger partial charge in [-0.2, -0.15) is 0 Å². The van der Waals surface area contributed by atoms with Gasteiger partial charge in [0, 0.05) is 4.43 Å². The van der Waals surface area contributed by atoms with Crippen LogP contribution in [-0.2, 0) is 9.53 Å². The van der Waals surface area contributed by atoms with Crippen LogP contribution in [0.15, 0.2) is 0 Å². The lowest BCUT2D eigenvalue weighted by Gasteiger charge is -2.18. The average molecular weight is 272 g/mol. The number of rotatable bonds is 5. The van der Waals surface area contributed by atoms with E-state index in [1.165, 1.54) is 0 Å². The number of hydrogen-bond acceptors (Lipinski definition) is 2. The molecule has 4 heteroatoms. The molecule has 0 saturated heterocycles. The molecule has 0 aliphatic heterocycles. The first-order chi connectivity index (χ1) is 5.00. The Hall–Kier alpha value is 0.160. The number of hydrogen-bond donors (Lipinski definition) is 1. The van der Waals surface area contributed by atoms with Gasteiger partial charge in [-0.3, -0.25) is 4.79 Å². The Bertz CT molecular complexity index is 134. The van der Waals surface area contributed by atoms with Crippen LogP contribution < -0.4 is 0 Å². The standard InChI is InChI=1S/C7H13IO3/c1-7(2,6(9)10)5-11-4-3-8/h3-5H2,1-2H3,(H,9,10). The average Bonchev–Trinajstić information content (AvgIpc) is 1.88. The molecule has 0 unspecified atom stereocenters. The van der Waals surface area contributed by atoms with Gasteiger partial charge in [0.1, 0.15) is 0 Å². The molecular weight excluding hydrogens is 259 g/mol. The van der Waals surface area contributed by atoms with Crippen molar-refractivity contribution in [2.24, 2.45) is 5.41 Å². The van der Waals surface area contributed by atoms with Crippen LogP contribution in [0.25, 0.3) is 0 Å². The quantitative estimate of drug-likeness (QED) is 0.469. The zero-order valence-electron chi connectivity index (χ0n) is 6.76. The van der Waals surface area contributed by atoms with E-state index in [0.29, 0.717) is 6.61 Å². The van der Waals surface area contributed by atoms with Crippen molar-refractivity contribution in [1.29, 1.82) is 0 Å².